The summed E-state index contributed by atoms with van der Waals surface area (Å²) < 4.78 is 0. The lowest BCUT2D eigenvalue weighted by Gasteiger charge is -2.28. The number of hydrogen-bond acceptors (Lipinski definition) is 3. The van der Waals surface area contributed by atoms with Crippen LogP contribution in [-0.2, 0) is 4.79 Å². The van der Waals surface area contributed by atoms with E-state index in [0.29, 0.717) is 6.42 Å². The van der Waals surface area contributed by atoms with E-state index in [1.807, 2.05) is 13.8 Å². The van der Waals surface area contributed by atoms with Crippen LogP contribution < -0.4 is 0 Å². The predicted molar refractivity (Wildman–Crippen MR) is 56.1 cm³/mol. The molecule has 0 aliphatic carbocycles. The third kappa shape index (κ3) is 2.91. The number of rotatable bonds is 5. The van der Waals surface area contributed by atoms with E-state index in [9.17, 15) is 14.9 Å². The molecule has 1 fully saturated rings. The third-order valence-corrected chi connectivity index (χ3v) is 2.91. The van der Waals surface area contributed by atoms with Crippen molar-refractivity contribution < 1.29 is 9.72 Å². The molecule has 1 rings (SSSR count). The zero-order valence-electron chi connectivity index (χ0n) is 9.31. The Labute approximate surface area is 89.6 Å². The second-order valence-corrected chi connectivity index (χ2v) is 4.15. The van der Waals surface area contributed by atoms with E-state index in [0.717, 1.165) is 19.3 Å². The van der Waals surface area contributed by atoms with Crippen LogP contribution in [0.4, 0.5) is 0 Å². The first-order valence-corrected chi connectivity index (χ1v) is 5.49. The summed E-state index contributed by atoms with van der Waals surface area (Å²) in [5, 5.41) is 10.5. The normalized spacial score (nSPS) is 23.2. The molecule has 0 saturated carbocycles. The first kappa shape index (κ1) is 11.9. The van der Waals surface area contributed by atoms with Crippen LogP contribution in [0.2, 0.25) is 0 Å². The van der Waals surface area contributed by atoms with Crippen LogP contribution in [0.5, 0.6) is 0 Å². The smallest absolute Gasteiger partial charge is 0.224 e. The second kappa shape index (κ2) is 5.09. The lowest BCUT2D eigenvalue weighted by molar-refractivity contribution is -0.486. The molecule has 1 saturated heterocycles. The average molecular weight is 214 g/mol. The van der Waals surface area contributed by atoms with Crippen molar-refractivity contribution in [3.63, 3.8) is 0 Å². The minimum Gasteiger partial charge on any atom is -0.330 e. The van der Waals surface area contributed by atoms with Crippen molar-refractivity contribution in [2.75, 3.05) is 6.54 Å². The van der Waals surface area contributed by atoms with Gasteiger partial charge in [-0.15, -0.1) is 0 Å². The van der Waals surface area contributed by atoms with Gasteiger partial charge in [0.25, 0.3) is 0 Å². The van der Waals surface area contributed by atoms with Crippen LogP contribution in [-0.4, -0.2) is 34.4 Å². The Kier molecular flexibility index (Phi) is 4.05. The lowest BCUT2D eigenvalue weighted by atomic mass is 10.1. The molecule has 0 aromatic heterocycles. The van der Waals surface area contributed by atoms with Crippen molar-refractivity contribution in [3.05, 3.63) is 10.1 Å². The molecular weight excluding hydrogens is 196 g/mol. The Morgan fingerprint density at radius 3 is 2.73 bits per heavy atom. The molecule has 0 aromatic rings. The molecule has 15 heavy (non-hydrogen) atoms. The van der Waals surface area contributed by atoms with Gasteiger partial charge in [-0.2, -0.15) is 0 Å². The Bertz CT molecular complexity index is 255. The fourth-order valence-corrected chi connectivity index (χ4v) is 2.23. The summed E-state index contributed by atoms with van der Waals surface area (Å²) in [6.07, 6.45) is 2.96. The average Bonchev–Trinajstić information content (AvgIpc) is 2.45. The minimum absolute atomic E-state index is 0.0720. The number of likely N-dealkylation sites (tertiary alicyclic amines) is 1. The molecule has 86 valence electrons. The highest BCUT2D eigenvalue weighted by atomic mass is 16.6. The molecule has 1 aliphatic rings. The highest BCUT2D eigenvalue weighted by Crippen LogP contribution is 2.23. The summed E-state index contributed by atoms with van der Waals surface area (Å²) >= 11 is 0. The summed E-state index contributed by atoms with van der Waals surface area (Å²) in [4.78, 5) is 23.5. The van der Waals surface area contributed by atoms with E-state index in [2.05, 4.69) is 0 Å². The van der Waals surface area contributed by atoms with Gasteiger partial charge in [0.2, 0.25) is 12.5 Å². The maximum absolute atomic E-state index is 11.6. The standard InChI is InChI=1S/C10H18N2O3/c1-3-4-9(7-11(14)15)12-8(2)5-6-10(12)13/h8-9H,3-7H2,1-2H3/t8-,9-/m0/s1. The molecule has 1 heterocycles. The largest absolute Gasteiger partial charge is 0.330 e. The molecule has 0 radical (unpaired) electrons. The number of nitro groups is 1. The number of hydrogen-bond donors (Lipinski definition) is 0. The molecular formula is C10H18N2O3. The van der Waals surface area contributed by atoms with E-state index < -0.39 is 0 Å². The summed E-state index contributed by atoms with van der Waals surface area (Å²) in [7, 11) is 0. The van der Waals surface area contributed by atoms with Crippen molar-refractivity contribution in [3.8, 4) is 0 Å². The summed E-state index contributed by atoms with van der Waals surface area (Å²) in [5.41, 5.74) is 0. The molecule has 0 unspecified atom stereocenters. The van der Waals surface area contributed by atoms with Gasteiger partial charge < -0.3 is 4.90 Å². The predicted octanol–water partition coefficient (Wildman–Crippen LogP) is 1.44. The van der Waals surface area contributed by atoms with Gasteiger partial charge in [-0.3, -0.25) is 14.9 Å². The fourth-order valence-electron chi connectivity index (χ4n) is 2.23. The second-order valence-electron chi connectivity index (χ2n) is 4.15. The molecule has 5 nitrogen and oxygen atoms in total. The molecule has 2 atom stereocenters. The van der Waals surface area contributed by atoms with Gasteiger partial charge in [-0.1, -0.05) is 13.3 Å². The summed E-state index contributed by atoms with van der Waals surface area (Å²) in [5.74, 6) is 0.0720. The number of carbonyl (C=O) groups is 1. The molecule has 1 amide bonds. The third-order valence-electron chi connectivity index (χ3n) is 2.91. The van der Waals surface area contributed by atoms with E-state index in [-0.39, 0.29) is 29.5 Å². The first-order chi connectivity index (χ1) is 7.06. The molecule has 1 aliphatic heterocycles. The molecule has 0 bridgehead atoms. The van der Waals surface area contributed by atoms with E-state index in [1.165, 1.54) is 0 Å². The van der Waals surface area contributed by atoms with Crippen molar-refractivity contribution >= 4 is 5.91 Å². The monoisotopic (exact) mass is 214 g/mol. The SMILES string of the molecule is CCC[C@@H](C[N+](=O)[O-])N1C(=O)CC[C@@H]1C. The quantitative estimate of drug-likeness (QED) is 0.514. The summed E-state index contributed by atoms with van der Waals surface area (Å²) in [6, 6.07) is -0.0519. The highest BCUT2D eigenvalue weighted by molar-refractivity contribution is 5.79. The molecule has 0 aromatic carbocycles. The topological polar surface area (TPSA) is 63.5 Å². The molecule has 0 spiro atoms. The van der Waals surface area contributed by atoms with Crippen molar-refractivity contribution in [2.24, 2.45) is 0 Å². The maximum atomic E-state index is 11.6. The van der Waals surface area contributed by atoms with Crippen LogP contribution in [0.25, 0.3) is 0 Å². The van der Waals surface area contributed by atoms with Gasteiger partial charge >= 0.3 is 0 Å². The lowest BCUT2D eigenvalue weighted by Crippen LogP contribution is -2.44. The van der Waals surface area contributed by atoms with Gasteiger partial charge in [0.15, 0.2) is 0 Å². The van der Waals surface area contributed by atoms with Crippen LogP contribution in [0.1, 0.15) is 39.5 Å². The van der Waals surface area contributed by atoms with Gasteiger partial charge in [0, 0.05) is 17.4 Å². The first-order valence-electron chi connectivity index (χ1n) is 5.49. The Hall–Kier alpha value is -1.13. The number of carbonyl (C=O) groups excluding carboxylic acids is 1. The van der Waals surface area contributed by atoms with E-state index in [1.54, 1.807) is 4.90 Å². The van der Waals surface area contributed by atoms with Gasteiger partial charge in [0.1, 0.15) is 0 Å². The van der Waals surface area contributed by atoms with Crippen LogP contribution in [0.3, 0.4) is 0 Å². The van der Waals surface area contributed by atoms with Gasteiger partial charge in [0.05, 0.1) is 6.04 Å². The van der Waals surface area contributed by atoms with Crippen LogP contribution in [0.15, 0.2) is 0 Å². The minimum atomic E-state index is -0.321. The van der Waals surface area contributed by atoms with Gasteiger partial charge in [-0.25, -0.2) is 0 Å². The zero-order chi connectivity index (χ0) is 11.4. The molecule has 5 heteroatoms. The van der Waals surface area contributed by atoms with Gasteiger partial charge in [-0.05, 0) is 19.8 Å². The molecule has 0 N–H and O–H groups in total. The van der Waals surface area contributed by atoms with E-state index in [4.69, 9.17) is 0 Å². The maximum Gasteiger partial charge on any atom is 0.224 e. The Balaban J connectivity index is 2.68. The number of amides is 1. The summed E-state index contributed by atoms with van der Waals surface area (Å²) in [6.45, 7) is 3.83. The van der Waals surface area contributed by atoms with Crippen molar-refractivity contribution in [1.82, 2.24) is 4.90 Å². The van der Waals surface area contributed by atoms with Crippen LogP contribution in [0, 0.1) is 10.1 Å². The fraction of sp³-hybridized carbons (Fsp3) is 0.900. The van der Waals surface area contributed by atoms with Crippen molar-refractivity contribution in [2.45, 2.75) is 51.6 Å². The van der Waals surface area contributed by atoms with E-state index >= 15 is 0 Å². The Morgan fingerprint density at radius 2 is 2.33 bits per heavy atom. The highest BCUT2D eigenvalue weighted by Gasteiger charge is 2.35. The number of nitrogens with zero attached hydrogens (tertiary/aromatic N) is 2. The van der Waals surface area contributed by atoms with Crippen LogP contribution >= 0.6 is 0 Å². The Morgan fingerprint density at radius 1 is 1.67 bits per heavy atom. The van der Waals surface area contributed by atoms with Crippen molar-refractivity contribution in [1.29, 1.82) is 0 Å². The zero-order valence-corrected chi connectivity index (χ0v) is 9.31.